The van der Waals surface area contributed by atoms with Crippen LogP contribution in [0.15, 0.2) is 47.4 Å². The molecule has 0 bridgehead atoms. The maximum absolute atomic E-state index is 12.8. The molecule has 8 nitrogen and oxygen atoms in total. The summed E-state index contributed by atoms with van der Waals surface area (Å²) < 4.78 is 33.1. The molecule has 2 N–H and O–H groups in total. The number of nitrogens with zero attached hydrogens (tertiary/aromatic N) is 2. The number of carboxylic acids is 1. The molecule has 0 atom stereocenters. The predicted octanol–water partition coefficient (Wildman–Crippen LogP) is 3.65. The van der Waals surface area contributed by atoms with Crippen LogP contribution in [0.3, 0.4) is 0 Å². The summed E-state index contributed by atoms with van der Waals surface area (Å²) in [4.78, 5) is 16.7. The highest BCUT2D eigenvalue weighted by Crippen LogP contribution is 2.29. The number of ether oxygens (including phenoxy) is 1. The number of methoxy groups -OCH3 is 1. The summed E-state index contributed by atoms with van der Waals surface area (Å²) in [5.74, 6) is -0.641. The molecule has 0 aromatic heterocycles. The zero-order valence-corrected chi connectivity index (χ0v) is 19.7. The Kier molecular flexibility index (Phi) is 7.09. The average Bonchev–Trinajstić information content (AvgIpc) is 2.84. The van der Waals surface area contributed by atoms with Crippen molar-refractivity contribution in [3.63, 3.8) is 0 Å². The van der Waals surface area contributed by atoms with Gasteiger partial charge in [-0.2, -0.15) is 0 Å². The maximum Gasteiger partial charge on any atom is 0.337 e. The monoisotopic (exact) mass is 473 g/mol. The standard InChI is InChI=1S/C24H31N3O5S/c1-32-20-8-10-21(11-9-20)33(30,31)25-23-12-7-19(17-22(23)24(28)29)27-15-13-26(14-16-27)18-5-3-2-4-6-18/h7-12,17-18,25H,2-6,13-16H2,1H3,(H,28,29). The first-order valence-corrected chi connectivity index (χ1v) is 12.9. The Labute approximate surface area is 195 Å². The largest absolute Gasteiger partial charge is 0.497 e. The molecule has 0 amide bonds. The number of hydrogen-bond acceptors (Lipinski definition) is 6. The highest BCUT2D eigenvalue weighted by molar-refractivity contribution is 7.92. The number of piperazine rings is 1. The van der Waals surface area contributed by atoms with E-state index < -0.39 is 16.0 Å². The predicted molar refractivity (Wildman–Crippen MR) is 128 cm³/mol. The Morgan fingerprint density at radius 2 is 1.67 bits per heavy atom. The normalized spacial score (nSPS) is 18.2. The fourth-order valence-corrected chi connectivity index (χ4v) is 5.82. The second-order valence-electron chi connectivity index (χ2n) is 8.63. The first kappa shape index (κ1) is 23.4. The zero-order chi connectivity index (χ0) is 23.4. The van der Waals surface area contributed by atoms with E-state index >= 15 is 0 Å². The lowest BCUT2D eigenvalue weighted by atomic mass is 9.94. The van der Waals surface area contributed by atoms with Crippen LogP contribution in [0, 0.1) is 0 Å². The van der Waals surface area contributed by atoms with Crippen molar-refractivity contribution in [3.05, 3.63) is 48.0 Å². The van der Waals surface area contributed by atoms with Gasteiger partial charge in [-0.05, 0) is 55.3 Å². The quantitative estimate of drug-likeness (QED) is 0.633. The molecule has 0 spiro atoms. The van der Waals surface area contributed by atoms with Gasteiger partial charge in [-0.25, -0.2) is 13.2 Å². The van der Waals surface area contributed by atoms with Crippen LogP contribution in [0.2, 0.25) is 0 Å². The summed E-state index contributed by atoms with van der Waals surface area (Å²) in [6, 6.07) is 11.5. The summed E-state index contributed by atoms with van der Waals surface area (Å²) in [7, 11) is -2.44. The lowest BCUT2D eigenvalue weighted by molar-refractivity contribution is 0.0698. The SMILES string of the molecule is COc1ccc(S(=O)(=O)Nc2ccc(N3CCN(C4CCCCC4)CC3)cc2C(=O)O)cc1. The molecule has 1 aliphatic carbocycles. The molecule has 2 aromatic rings. The molecule has 1 aliphatic heterocycles. The van der Waals surface area contributed by atoms with E-state index in [9.17, 15) is 18.3 Å². The second-order valence-corrected chi connectivity index (χ2v) is 10.3. The van der Waals surface area contributed by atoms with Crippen LogP contribution in [0.25, 0.3) is 0 Å². The van der Waals surface area contributed by atoms with Crippen LogP contribution in [0.5, 0.6) is 5.75 Å². The molecule has 178 valence electrons. The number of hydrogen-bond donors (Lipinski definition) is 2. The van der Waals surface area contributed by atoms with Crippen LogP contribution in [-0.2, 0) is 10.0 Å². The van der Waals surface area contributed by atoms with Crippen LogP contribution < -0.4 is 14.4 Å². The molecule has 2 fully saturated rings. The van der Waals surface area contributed by atoms with Gasteiger partial charge in [-0.1, -0.05) is 19.3 Å². The molecule has 2 aliphatic rings. The molecule has 0 unspecified atom stereocenters. The van der Waals surface area contributed by atoms with Crippen molar-refractivity contribution in [2.24, 2.45) is 0 Å². The first-order valence-electron chi connectivity index (χ1n) is 11.4. The Morgan fingerprint density at radius 1 is 1.00 bits per heavy atom. The van der Waals surface area contributed by atoms with Crippen molar-refractivity contribution >= 4 is 27.4 Å². The van der Waals surface area contributed by atoms with E-state index in [1.807, 2.05) is 0 Å². The van der Waals surface area contributed by atoms with Gasteiger partial charge >= 0.3 is 5.97 Å². The fourth-order valence-electron chi connectivity index (χ4n) is 4.74. The Hall–Kier alpha value is -2.78. The van der Waals surface area contributed by atoms with Gasteiger partial charge in [0.1, 0.15) is 5.75 Å². The van der Waals surface area contributed by atoms with Crippen LogP contribution >= 0.6 is 0 Å². The van der Waals surface area contributed by atoms with Gasteiger partial charge < -0.3 is 14.7 Å². The third-order valence-electron chi connectivity index (χ3n) is 6.62. The minimum absolute atomic E-state index is 0.0301. The van der Waals surface area contributed by atoms with Crippen molar-refractivity contribution in [2.75, 3.05) is 42.9 Å². The van der Waals surface area contributed by atoms with Gasteiger partial charge in [0.05, 0.1) is 23.3 Å². The lowest BCUT2D eigenvalue weighted by Crippen LogP contribution is -2.50. The topological polar surface area (TPSA) is 99.2 Å². The van der Waals surface area contributed by atoms with Crippen molar-refractivity contribution in [1.29, 1.82) is 0 Å². The molecule has 1 saturated carbocycles. The number of rotatable bonds is 7. The molecule has 33 heavy (non-hydrogen) atoms. The maximum atomic E-state index is 12.8. The molecular formula is C24H31N3O5S. The summed E-state index contributed by atoms with van der Waals surface area (Å²) in [6.07, 6.45) is 6.49. The smallest absolute Gasteiger partial charge is 0.337 e. The minimum atomic E-state index is -3.94. The molecule has 1 heterocycles. The van der Waals surface area contributed by atoms with E-state index in [0.29, 0.717) is 11.8 Å². The Balaban J connectivity index is 1.48. The summed E-state index contributed by atoms with van der Waals surface area (Å²) in [5, 5.41) is 9.76. The van der Waals surface area contributed by atoms with Crippen molar-refractivity contribution in [3.8, 4) is 5.75 Å². The van der Waals surface area contributed by atoms with Crippen LogP contribution in [0.4, 0.5) is 11.4 Å². The summed E-state index contributed by atoms with van der Waals surface area (Å²) in [6.45, 7) is 3.57. The van der Waals surface area contributed by atoms with E-state index in [-0.39, 0.29) is 16.1 Å². The van der Waals surface area contributed by atoms with E-state index in [0.717, 1.165) is 31.9 Å². The van der Waals surface area contributed by atoms with Crippen molar-refractivity contribution in [1.82, 2.24) is 4.90 Å². The van der Waals surface area contributed by atoms with E-state index in [2.05, 4.69) is 14.5 Å². The number of aromatic carboxylic acids is 1. The highest BCUT2D eigenvalue weighted by Gasteiger charge is 2.26. The molecule has 4 rings (SSSR count). The summed E-state index contributed by atoms with van der Waals surface area (Å²) >= 11 is 0. The van der Waals surface area contributed by atoms with Crippen LogP contribution in [0.1, 0.15) is 42.5 Å². The van der Waals surface area contributed by atoms with Gasteiger partial charge in [0.2, 0.25) is 0 Å². The number of benzene rings is 2. The number of carboxylic acid groups (broad SMARTS) is 1. The first-order chi connectivity index (χ1) is 15.9. The average molecular weight is 474 g/mol. The van der Waals surface area contributed by atoms with Gasteiger partial charge in [0.15, 0.2) is 0 Å². The third-order valence-corrected chi connectivity index (χ3v) is 8.00. The number of carbonyl (C=O) groups is 1. The van der Waals surface area contributed by atoms with E-state index in [1.165, 1.54) is 57.4 Å². The van der Waals surface area contributed by atoms with Gasteiger partial charge in [0, 0.05) is 37.9 Å². The van der Waals surface area contributed by atoms with E-state index in [4.69, 9.17) is 4.74 Å². The Morgan fingerprint density at radius 3 is 2.27 bits per heavy atom. The second kappa shape index (κ2) is 10.0. The molecule has 1 saturated heterocycles. The number of anilines is 2. The fraction of sp³-hybridized carbons (Fsp3) is 0.458. The van der Waals surface area contributed by atoms with E-state index in [1.54, 1.807) is 24.3 Å². The van der Waals surface area contributed by atoms with Crippen LogP contribution in [-0.4, -0.2) is 63.7 Å². The molecule has 9 heteroatoms. The molecule has 0 radical (unpaired) electrons. The lowest BCUT2D eigenvalue weighted by Gasteiger charge is -2.41. The van der Waals surface area contributed by atoms with Gasteiger partial charge in [0.25, 0.3) is 10.0 Å². The number of nitrogens with one attached hydrogen (secondary N) is 1. The highest BCUT2D eigenvalue weighted by atomic mass is 32.2. The third kappa shape index (κ3) is 5.42. The minimum Gasteiger partial charge on any atom is -0.497 e. The van der Waals surface area contributed by atoms with Crippen molar-refractivity contribution < 1.29 is 23.1 Å². The van der Waals surface area contributed by atoms with Gasteiger partial charge in [-0.3, -0.25) is 9.62 Å². The Bertz CT molecular complexity index is 1070. The zero-order valence-electron chi connectivity index (χ0n) is 18.9. The number of sulfonamides is 1. The van der Waals surface area contributed by atoms with Gasteiger partial charge in [-0.15, -0.1) is 0 Å². The molecular weight excluding hydrogens is 442 g/mol. The van der Waals surface area contributed by atoms with Crippen molar-refractivity contribution in [2.45, 2.75) is 43.0 Å². The summed E-state index contributed by atoms with van der Waals surface area (Å²) in [5.41, 5.74) is 0.769. The molecule has 2 aromatic carbocycles.